The van der Waals surface area contributed by atoms with E-state index in [1.807, 2.05) is 0 Å². The van der Waals surface area contributed by atoms with Gasteiger partial charge in [0.15, 0.2) is 0 Å². The highest BCUT2D eigenvalue weighted by Gasteiger charge is 2.36. The van der Waals surface area contributed by atoms with Crippen molar-refractivity contribution >= 4 is 11.6 Å². The summed E-state index contributed by atoms with van der Waals surface area (Å²) < 4.78 is 0. The predicted octanol–water partition coefficient (Wildman–Crippen LogP) is 0.445. The van der Waals surface area contributed by atoms with E-state index >= 15 is 0 Å². The molecule has 1 saturated heterocycles. The van der Waals surface area contributed by atoms with Crippen molar-refractivity contribution in [2.75, 3.05) is 18.4 Å². The molecule has 0 bridgehead atoms. The Morgan fingerprint density at radius 3 is 2.41 bits per heavy atom. The van der Waals surface area contributed by atoms with Crippen LogP contribution in [0.2, 0.25) is 0 Å². The third-order valence-electron chi connectivity index (χ3n) is 2.98. The number of phenols is 1. The second-order valence-corrected chi connectivity index (χ2v) is 4.28. The molecule has 5 nitrogen and oxygen atoms in total. The molecule has 0 spiro atoms. The molecule has 0 unspecified atom stereocenters. The Balaban J connectivity index is 2.03. The van der Waals surface area contributed by atoms with Crippen LogP contribution in [0, 0.1) is 0 Å². The number of carbonyl (C=O) groups is 1. The maximum absolute atomic E-state index is 11.9. The number of carbonyl (C=O) groups excluding carboxylic acids is 1. The zero-order valence-corrected chi connectivity index (χ0v) is 9.44. The lowest BCUT2D eigenvalue weighted by Gasteiger charge is -2.31. The lowest BCUT2D eigenvalue weighted by Crippen LogP contribution is -2.50. The molecule has 92 valence electrons. The van der Waals surface area contributed by atoms with Gasteiger partial charge in [0, 0.05) is 5.69 Å². The summed E-state index contributed by atoms with van der Waals surface area (Å²) in [7, 11) is 0. The quantitative estimate of drug-likeness (QED) is 0.562. The van der Waals surface area contributed by atoms with Crippen LogP contribution in [0.3, 0.4) is 0 Å². The Hall–Kier alpha value is -1.59. The molecule has 1 heterocycles. The first-order valence-electron chi connectivity index (χ1n) is 5.64. The average molecular weight is 236 g/mol. The van der Waals surface area contributed by atoms with Crippen LogP contribution in [-0.2, 0) is 4.79 Å². The van der Waals surface area contributed by atoms with Gasteiger partial charge in [0.1, 0.15) is 11.4 Å². The van der Waals surface area contributed by atoms with Crippen LogP contribution < -0.4 is 10.6 Å². The first kappa shape index (κ1) is 11.9. The molecular weight excluding hydrogens is 220 g/mol. The maximum atomic E-state index is 11.9. The number of hydrogen-bond donors (Lipinski definition) is 4. The van der Waals surface area contributed by atoms with Gasteiger partial charge in [-0.05, 0) is 50.2 Å². The number of aromatic hydroxyl groups is 1. The molecule has 4 N–H and O–H groups in total. The number of aliphatic hydroxyl groups is 1. The van der Waals surface area contributed by atoms with Gasteiger partial charge in [0.05, 0.1) is 0 Å². The van der Waals surface area contributed by atoms with Crippen LogP contribution >= 0.6 is 0 Å². The van der Waals surface area contributed by atoms with Crippen LogP contribution in [0.4, 0.5) is 5.69 Å². The Morgan fingerprint density at radius 1 is 1.24 bits per heavy atom. The highest BCUT2D eigenvalue weighted by atomic mass is 16.3. The first-order valence-corrected chi connectivity index (χ1v) is 5.64. The van der Waals surface area contributed by atoms with Gasteiger partial charge < -0.3 is 20.8 Å². The van der Waals surface area contributed by atoms with Crippen molar-refractivity contribution in [3.05, 3.63) is 24.3 Å². The minimum atomic E-state index is -1.29. The number of benzene rings is 1. The van der Waals surface area contributed by atoms with E-state index in [2.05, 4.69) is 10.6 Å². The highest BCUT2D eigenvalue weighted by Crippen LogP contribution is 2.21. The molecule has 2 rings (SSSR count). The SMILES string of the molecule is O=C(Nc1ccc(O)cc1)C1(O)CCNCC1. The average Bonchev–Trinajstić information content (AvgIpc) is 2.33. The van der Waals surface area contributed by atoms with E-state index in [4.69, 9.17) is 5.11 Å². The van der Waals surface area contributed by atoms with Crippen LogP contribution in [0.15, 0.2) is 24.3 Å². The molecule has 17 heavy (non-hydrogen) atoms. The van der Waals surface area contributed by atoms with Gasteiger partial charge >= 0.3 is 0 Å². The zero-order valence-electron chi connectivity index (χ0n) is 9.44. The lowest BCUT2D eigenvalue weighted by atomic mass is 9.91. The van der Waals surface area contributed by atoms with Crippen LogP contribution in [0.25, 0.3) is 0 Å². The summed E-state index contributed by atoms with van der Waals surface area (Å²) in [4.78, 5) is 11.9. The van der Waals surface area contributed by atoms with Crippen molar-refractivity contribution in [2.24, 2.45) is 0 Å². The van der Waals surface area contributed by atoms with E-state index in [0.29, 0.717) is 31.6 Å². The van der Waals surface area contributed by atoms with Crippen molar-refractivity contribution in [1.82, 2.24) is 5.32 Å². The summed E-state index contributed by atoms with van der Waals surface area (Å²) in [6, 6.07) is 6.17. The number of phenolic OH excluding ortho intramolecular Hbond substituents is 1. The fourth-order valence-corrected chi connectivity index (χ4v) is 1.86. The van der Waals surface area contributed by atoms with Gasteiger partial charge in [-0.3, -0.25) is 4.79 Å². The summed E-state index contributed by atoms with van der Waals surface area (Å²) in [5, 5.41) is 25.0. The van der Waals surface area contributed by atoms with Gasteiger partial charge in [-0.15, -0.1) is 0 Å². The summed E-state index contributed by atoms with van der Waals surface area (Å²) in [6.45, 7) is 1.28. The fourth-order valence-electron chi connectivity index (χ4n) is 1.86. The standard InChI is InChI=1S/C12H16N2O3/c15-10-3-1-9(2-4-10)14-11(16)12(17)5-7-13-8-6-12/h1-4,13,15,17H,5-8H2,(H,14,16). The molecule has 1 amide bonds. The maximum Gasteiger partial charge on any atom is 0.256 e. The molecule has 1 aromatic rings. The highest BCUT2D eigenvalue weighted by molar-refractivity contribution is 5.97. The number of rotatable bonds is 2. The molecular formula is C12H16N2O3. The minimum absolute atomic E-state index is 0.142. The second-order valence-electron chi connectivity index (χ2n) is 4.28. The third kappa shape index (κ3) is 2.75. The molecule has 0 radical (unpaired) electrons. The monoisotopic (exact) mass is 236 g/mol. The second kappa shape index (κ2) is 4.73. The van der Waals surface area contributed by atoms with Crippen molar-refractivity contribution in [3.63, 3.8) is 0 Å². The minimum Gasteiger partial charge on any atom is -0.508 e. The van der Waals surface area contributed by atoms with Crippen LogP contribution in [-0.4, -0.2) is 34.8 Å². The Morgan fingerprint density at radius 2 is 1.82 bits per heavy atom. The molecule has 0 saturated carbocycles. The van der Waals surface area contributed by atoms with E-state index in [-0.39, 0.29) is 11.7 Å². The molecule has 1 fully saturated rings. The van der Waals surface area contributed by atoms with Gasteiger partial charge in [0.25, 0.3) is 5.91 Å². The number of nitrogens with one attached hydrogen (secondary N) is 2. The van der Waals surface area contributed by atoms with Crippen LogP contribution in [0.1, 0.15) is 12.8 Å². The molecule has 1 aliphatic rings. The first-order chi connectivity index (χ1) is 8.10. The van der Waals surface area contributed by atoms with E-state index in [1.54, 1.807) is 12.1 Å². The zero-order chi connectivity index (χ0) is 12.3. The predicted molar refractivity (Wildman–Crippen MR) is 63.8 cm³/mol. The molecule has 0 atom stereocenters. The largest absolute Gasteiger partial charge is 0.508 e. The van der Waals surface area contributed by atoms with Gasteiger partial charge in [-0.25, -0.2) is 0 Å². The van der Waals surface area contributed by atoms with E-state index in [9.17, 15) is 9.90 Å². The number of piperidine rings is 1. The van der Waals surface area contributed by atoms with Crippen molar-refractivity contribution in [1.29, 1.82) is 0 Å². The van der Waals surface area contributed by atoms with Gasteiger partial charge in [0.2, 0.25) is 0 Å². The fraction of sp³-hybridized carbons (Fsp3) is 0.417. The summed E-state index contributed by atoms with van der Waals surface area (Å²) >= 11 is 0. The topological polar surface area (TPSA) is 81.6 Å². The van der Waals surface area contributed by atoms with E-state index in [0.717, 1.165) is 0 Å². The number of hydrogen-bond acceptors (Lipinski definition) is 4. The number of amides is 1. The van der Waals surface area contributed by atoms with E-state index < -0.39 is 5.60 Å². The molecule has 1 aliphatic heterocycles. The molecule has 5 heteroatoms. The number of anilines is 1. The van der Waals surface area contributed by atoms with Gasteiger partial charge in [-0.1, -0.05) is 0 Å². The molecule has 1 aromatic carbocycles. The third-order valence-corrected chi connectivity index (χ3v) is 2.98. The van der Waals surface area contributed by atoms with Crippen molar-refractivity contribution in [2.45, 2.75) is 18.4 Å². The normalized spacial score (nSPS) is 18.6. The smallest absolute Gasteiger partial charge is 0.256 e. The van der Waals surface area contributed by atoms with Gasteiger partial charge in [-0.2, -0.15) is 0 Å². The Bertz CT molecular complexity index is 397. The molecule has 0 aliphatic carbocycles. The lowest BCUT2D eigenvalue weighted by molar-refractivity contribution is -0.136. The van der Waals surface area contributed by atoms with E-state index in [1.165, 1.54) is 12.1 Å². The Kier molecular flexibility index (Phi) is 3.31. The van der Waals surface area contributed by atoms with Crippen molar-refractivity contribution < 1.29 is 15.0 Å². The summed E-state index contributed by atoms with van der Waals surface area (Å²) in [5.41, 5.74) is -0.719. The summed E-state index contributed by atoms with van der Waals surface area (Å²) in [5.74, 6) is -0.242. The summed E-state index contributed by atoms with van der Waals surface area (Å²) in [6.07, 6.45) is 0.827. The van der Waals surface area contributed by atoms with Crippen LogP contribution in [0.5, 0.6) is 5.75 Å². The Labute approximate surface area is 99.5 Å². The van der Waals surface area contributed by atoms with Crippen molar-refractivity contribution in [3.8, 4) is 5.75 Å². The molecule has 0 aromatic heterocycles.